The monoisotopic (exact) mass is 401 g/mol. The van der Waals surface area contributed by atoms with Gasteiger partial charge in [0, 0.05) is 11.6 Å². The van der Waals surface area contributed by atoms with Crippen molar-refractivity contribution in [3.05, 3.63) is 80.6 Å². The second-order valence-electron chi connectivity index (χ2n) is 5.91. The zero-order valence-electron chi connectivity index (χ0n) is 14.6. The van der Waals surface area contributed by atoms with Gasteiger partial charge in [0.2, 0.25) is 5.91 Å². The van der Waals surface area contributed by atoms with E-state index in [9.17, 15) is 9.59 Å². The molecule has 1 N–H and O–H groups in total. The lowest BCUT2D eigenvalue weighted by molar-refractivity contribution is -0.117. The van der Waals surface area contributed by atoms with Gasteiger partial charge < -0.3 is 5.32 Å². The Morgan fingerprint density at radius 1 is 1.07 bits per heavy atom. The SMILES string of the molecule is CCc1ccc(-c2ccc(=O)n(CC(=O)Nc3cccc(Cl)c3Cl)n2)cc1. The van der Waals surface area contributed by atoms with Crippen LogP contribution in [0.5, 0.6) is 0 Å². The fraction of sp³-hybridized carbons (Fsp3) is 0.150. The number of hydrogen-bond acceptors (Lipinski definition) is 3. The number of halogens is 2. The Labute approximate surface area is 166 Å². The Morgan fingerprint density at radius 3 is 2.52 bits per heavy atom. The summed E-state index contributed by atoms with van der Waals surface area (Å²) in [6.07, 6.45) is 0.944. The fourth-order valence-electron chi connectivity index (χ4n) is 2.55. The maximum absolute atomic E-state index is 12.3. The highest BCUT2D eigenvalue weighted by atomic mass is 35.5. The number of amides is 1. The maximum Gasteiger partial charge on any atom is 0.267 e. The molecular formula is C20H17Cl2N3O2. The van der Waals surface area contributed by atoms with Gasteiger partial charge in [0.1, 0.15) is 6.54 Å². The molecule has 0 aliphatic heterocycles. The second kappa shape index (κ2) is 8.37. The molecule has 0 aliphatic carbocycles. The van der Waals surface area contributed by atoms with Gasteiger partial charge in [-0.05, 0) is 30.2 Å². The molecule has 2 aromatic carbocycles. The van der Waals surface area contributed by atoms with Gasteiger partial charge in [0.25, 0.3) is 5.56 Å². The Balaban J connectivity index is 1.80. The zero-order chi connectivity index (χ0) is 19.4. The van der Waals surface area contributed by atoms with Crippen molar-refractivity contribution in [3.8, 4) is 11.3 Å². The smallest absolute Gasteiger partial charge is 0.267 e. The number of nitrogens with one attached hydrogen (secondary N) is 1. The summed E-state index contributed by atoms with van der Waals surface area (Å²) in [5.74, 6) is -0.424. The summed E-state index contributed by atoms with van der Waals surface area (Å²) in [7, 11) is 0. The number of aryl methyl sites for hydroxylation is 1. The predicted octanol–water partition coefficient (Wildman–Crippen LogP) is 4.42. The molecule has 0 unspecified atom stereocenters. The van der Waals surface area contributed by atoms with Crippen molar-refractivity contribution in [2.75, 3.05) is 5.32 Å². The Kier molecular flexibility index (Phi) is 5.94. The molecule has 0 saturated carbocycles. The van der Waals surface area contributed by atoms with E-state index in [2.05, 4.69) is 17.3 Å². The fourth-order valence-corrected chi connectivity index (χ4v) is 2.90. The molecule has 0 fully saturated rings. The average Bonchev–Trinajstić information content (AvgIpc) is 2.67. The minimum Gasteiger partial charge on any atom is -0.323 e. The molecule has 0 aliphatic rings. The van der Waals surface area contributed by atoms with Crippen LogP contribution in [-0.4, -0.2) is 15.7 Å². The lowest BCUT2D eigenvalue weighted by Crippen LogP contribution is -2.29. The minimum absolute atomic E-state index is 0.234. The van der Waals surface area contributed by atoms with E-state index >= 15 is 0 Å². The average molecular weight is 402 g/mol. The van der Waals surface area contributed by atoms with E-state index in [1.54, 1.807) is 24.3 Å². The lowest BCUT2D eigenvalue weighted by atomic mass is 10.1. The van der Waals surface area contributed by atoms with Gasteiger partial charge in [-0.1, -0.05) is 60.5 Å². The number of nitrogens with zero attached hydrogens (tertiary/aromatic N) is 2. The van der Waals surface area contributed by atoms with E-state index in [1.807, 2.05) is 24.3 Å². The van der Waals surface area contributed by atoms with Crippen LogP contribution in [0.15, 0.2) is 59.4 Å². The van der Waals surface area contributed by atoms with Gasteiger partial charge in [-0.3, -0.25) is 9.59 Å². The number of carbonyl (C=O) groups is 1. The van der Waals surface area contributed by atoms with Crippen molar-refractivity contribution in [1.82, 2.24) is 9.78 Å². The summed E-state index contributed by atoms with van der Waals surface area (Å²) in [5.41, 5.74) is 2.72. The molecule has 27 heavy (non-hydrogen) atoms. The molecular weight excluding hydrogens is 385 g/mol. The molecule has 5 nitrogen and oxygen atoms in total. The Morgan fingerprint density at radius 2 is 1.81 bits per heavy atom. The third kappa shape index (κ3) is 4.56. The third-order valence-corrected chi connectivity index (χ3v) is 4.86. The van der Waals surface area contributed by atoms with Crippen LogP contribution in [0, 0.1) is 0 Å². The molecule has 1 heterocycles. The molecule has 0 saturated heterocycles. The van der Waals surface area contributed by atoms with Gasteiger partial charge in [0.05, 0.1) is 21.4 Å². The molecule has 0 radical (unpaired) electrons. The van der Waals surface area contributed by atoms with Crippen LogP contribution in [0.1, 0.15) is 12.5 Å². The molecule has 7 heteroatoms. The van der Waals surface area contributed by atoms with Gasteiger partial charge in [-0.25, -0.2) is 4.68 Å². The topological polar surface area (TPSA) is 64.0 Å². The van der Waals surface area contributed by atoms with E-state index < -0.39 is 5.91 Å². The predicted molar refractivity (Wildman–Crippen MR) is 108 cm³/mol. The molecule has 0 spiro atoms. The number of carbonyl (C=O) groups excluding carboxylic acids is 1. The zero-order valence-corrected chi connectivity index (χ0v) is 16.1. The number of benzene rings is 2. The van der Waals surface area contributed by atoms with Gasteiger partial charge in [0.15, 0.2) is 0 Å². The second-order valence-corrected chi connectivity index (χ2v) is 6.70. The van der Waals surface area contributed by atoms with Crippen molar-refractivity contribution in [2.45, 2.75) is 19.9 Å². The number of rotatable bonds is 5. The van der Waals surface area contributed by atoms with Crippen LogP contribution in [0.4, 0.5) is 5.69 Å². The first-order valence-corrected chi connectivity index (χ1v) is 9.15. The van der Waals surface area contributed by atoms with Crippen molar-refractivity contribution in [3.63, 3.8) is 0 Å². The summed E-state index contributed by atoms with van der Waals surface area (Å²) in [4.78, 5) is 24.4. The molecule has 1 amide bonds. The molecule has 138 valence electrons. The summed E-state index contributed by atoms with van der Waals surface area (Å²) >= 11 is 12.0. The summed E-state index contributed by atoms with van der Waals surface area (Å²) in [6.45, 7) is 1.85. The summed E-state index contributed by atoms with van der Waals surface area (Å²) in [5, 5.41) is 7.53. The van der Waals surface area contributed by atoms with Crippen molar-refractivity contribution < 1.29 is 4.79 Å². The largest absolute Gasteiger partial charge is 0.323 e. The Hall–Kier alpha value is -2.63. The number of hydrogen-bond donors (Lipinski definition) is 1. The van der Waals surface area contributed by atoms with E-state index in [-0.39, 0.29) is 17.1 Å². The normalized spacial score (nSPS) is 10.6. The van der Waals surface area contributed by atoms with Gasteiger partial charge >= 0.3 is 0 Å². The van der Waals surface area contributed by atoms with E-state index in [0.29, 0.717) is 16.4 Å². The summed E-state index contributed by atoms with van der Waals surface area (Å²) in [6, 6.07) is 15.9. The number of anilines is 1. The Bertz CT molecular complexity index is 1030. The first kappa shape index (κ1) is 19.1. The first-order valence-electron chi connectivity index (χ1n) is 8.39. The van der Waals surface area contributed by atoms with Crippen molar-refractivity contribution in [2.24, 2.45) is 0 Å². The van der Waals surface area contributed by atoms with Crippen molar-refractivity contribution in [1.29, 1.82) is 0 Å². The van der Waals surface area contributed by atoms with E-state index in [1.165, 1.54) is 11.6 Å². The van der Waals surface area contributed by atoms with Crippen LogP contribution in [0.2, 0.25) is 10.0 Å². The quantitative estimate of drug-likeness (QED) is 0.687. The molecule has 1 aromatic heterocycles. The third-order valence-electron chi connectivity index (χ3n) is 4.04. The lowest BCUT2D eigenvalue weighted by Gasteiger charge is -2.10. The van der Waals surface area contributed by atoms with Crippen LogP contribution >= 0.6 is 23.2 Å². The van der Waals surface area contributed by atoms with Crippen LogP contribution in [0.25, 0.3) is 11.3 Å². The van der Waals surface area contributed by atoms with Gasteiger partial charge in [-0.15, -0.1) is 0 Å². The minimum atomic E-state index is -0.424. The first-order chi connectivity index (χ1) is 13.0. The van der Waals surface area contributed by atoms with Crippen LogP contribution in [0.3, 0.4) is 0 Å². The standard InChI is InChI=1S/C20H17Cl2N3O2/c1-2-13-6-8-14(9-7-13)16-10-11-19(27)25(24-16)12-18(26)23-17-5-3-4-15(21)20(17)22/h3-11H,2,12H2,1H3,(H,23,26). The highest BCUT2D eigenvalue weighted by Gasteiger charge is 2.11. The van der Waals surface area contributed by atoms with E-state index in [4.69, 9.17) is 23.2 Å². The molecule has 3 rings (SSSR count). The molecule has 3 aromatic rings. The van der Waals surface area contributed by atoms with E-state index in [0.717, 1.165) is 16.7 Å². The summed E-state index contributed by atoms with van der Waals surface area (Å²) < 4.78 is 1.12. The van der Waals surface area contributed by atoms with Crippen LogP contribution in [-0.2, 0) is 17.8 Å². The highest BCUT2D eigenvalue weighted by molar-refractivity contribution is 6.43. The van der Waals surface area contributed by atoms with Gasteiger partial charge in [-0.2, -0.15) is 5.10 Å². The van der Waals surface area contributed by atoms with Crippen LogP contribution < -0.4 is 10.9 Å². The molecule has 0 bridgehead atoms. The highest BCUT2D eigenvalue weighted by Crippen LogP contribution is 2.29. The number of aromatic nitrogens is 2. The maximum atomic E-state index is 12.3. The van der Waals surface area contributed by atoms with Crippen molar-refractivity contribution >= 4 is 34.8 Å². The molecule has 0 atom stereocenters.